The molecule has 2 N–H and O–H groups in total. The van der Waals surface area contributed by atoms with Crippen LogP contribution in [-0.2, 0) is 4.79 Å². The van der Waals surface area contributed by atoms with E-state index in [1.807, 2.05) is 13.8 Å². The highest BCUT2D eigenvalue weighted by Gasteiger charge is 2.43. The van der Waals surface area contributed by atoms with Crippen LogP contribution in [0.1, 0.15) is 61.7 Å². The topological polar surface area (TPSA) is 92.4 Å². The SMILES string of the molecule is CC(C)c1cc(C(=O)NC2(C(=O)O)CCCC2)on1. The molecule has 0 atom stereocenters. The highest BCUT2D eigenvalue weighted by Crippen LogP contribution is 2.30. The van der Waals surface area contributed by atoms with Gasteiger partial charge in [-0.1, -0.05) is 31.8 Å². The number of nitrogens with zero attached hydrogens (tertiary/aromatic N) is 1. The van der Waals surface area contributed by atoms with Crippen LogP contribution in [0, 0.1) is 0 Å². The van der Waals surface area contributed by atoms with Crippen molar-refractivity contribution in [1.82, 2.24) is 10.5 Å². The summed E-state index contributed by atoms with van der Waals surface area (Å²) < 4.78 is 4.97. The zero-order valence-electron chi connectivity index (χ0n) is 11.1. The first-order valence-electron chi connectivity index (χ1n) is 6.47. The van der Waals surface area contributed by atoms with E-state index >= 15 is 0 Å². The van der Waals surface area contributed by atoms with E-state index in [4.69, 9.17) is 4.52 Å². The molecule has 1 aromatic heterocycles. The van der Waals surface area contributed by atoms with Crippen molar-refractivity contribution in [3.05, 3.63) is 17.5 Å². The zero-order chi connectivity index (χ0) is 14.0. The molecule has 1 fully saturated rings. The molecule has 0 unspecified atom stereocenters. The van der Waals surface area contributed by atoms with Gasteiger partial charge in [0.05, 0.1) is 5.69 Å². The Morgan fingerprint density at radius 3 is 2.53 bits per heavy atom. The molecule has 0 bridgehead atoms. The van der Waals surface area contributed by atoms with Crippen molar-refractivity contribution in [3.8, 4) is 0 Å². The fourth-order valence-corrected chi connectivity index (χ4v) is 2.32. The maximum Gasteiger partial charge on any atom is 0.329 e. The number of aliphatic carboxylic acids is 1. The molecule has 0 spiro atoms. The van der Waals surface area contributed by atoms with E-state index in [-0.39, 0.29) is 11.7 Å². The number of hydrogen-bond donors (Lipinski definition) is 2. The van der Waals surface area contributed by atoms with E-state index in [0.29, 0.717) is 18.5 Å². The lowest BCUT2D eigenvalue weighted by molar-refractivity contribution is -0.144. The molecule has 1 aromatic rings. The lowest BCUT2D eigenvalue weighted by atomic mass is 9.97. The number of carbonyl (C=O) groups excluding carboxylic acids is 1. The second-order valence-corrected chi connectivity index (χ2v) is 5.32. The van der Waals surface area contributed by atoms with E-state index in [9.17, 15) is 14.7 Å². The summed E-state index contributed by atoms with van der Waals surface area (Å²) in [6.07, 6.45) is 2.53. The first-order valence-corrected chi connectivity index (χ1v) is 6.47. The predicted molar refractivity (Wildman–Crippen MR) is 66.9 cm³/mol. The molecule has 104 valence electrons. The molecule has 0 saturated heterocycles. The van der Waals surface area contributed by atoms with Gasteiger partial charge in [-0.2, -0.15) is 0 Å². The predicted octanol–water partition coefficient (Wildman–Crippen LogP) is 1.93. The molecule has 19 heavy (non-hydrogen) atoms. The van der Waals surface area contributed by atoms with Gasteiger partial charge in [0.15, 0.2) is 0 Å². The highest BCUT2D eigenvalue weighted by molar-refractivity contribution is 5.95. The number of carbonyl (C=O) groups is 2. The minimum atomic E-state index is -1.15. The van der Waals surface area contributed by atoms with Crippen LogP contribution in [0.4, 0.5) is 0 Å². The summed E-state index contributed by atoms with van der Waals surface area (Å²) in [5.74, 6) is -1.27. The van der Waals surface area contributed by atoms with Crippen molar-refractivity contribution < 1.29 is 19.2 Å². The normalized spacial score (nSPS) is 17.6. The summed E-state index contributed by atoms with van der Waals surface area (Å²) in [6.45, 7) is 3.88. The standard InChI is InChI=1S/C13H18N2O4/c1-8(2)9-7-10(19-15-9)11(16)14-13(12(17)18)5-3-4-6-13/h7-8H,3-6H2,1-2H3,(H,14,16)(H,17,18). The molecule has 1 aliphatic rings. The van der Waals surface area contributed by atoms with Crippen molar-refractivity contribution in [1.29, 1.82) is 0 Å². The van der Waals surface area contributed by atoms with Crippen LogP contribution in [0.5, 0.6) is 0 Å². The van der Waals surface area contributed by atoms with Gasteiger partial charge in [-0.3, -0.25) is 4.79 Å². The molecule has 0 aliphatic heterocycles. The second kappa shape index (κ2) is 5.03. The maximum atomic E-state index is 12.0. The molecule has 6 nitrogen and oxygen atoms in total. The first kappa shape index (κ1) is 13.6. The Labute approximate surface area is 111 Å². The van der Waals surface area contributed by atoms with Gasteiger partial charge in [0, 0.05) is 6.07 Å². The van der Waals surface area contributed by atoms with E-state index in [1.165, 1.54) is 0 Å². The van der Waals surface area contributed by atoms with Crippen LogP contribution in [0.2, 0.25) is 0 Å². The largest absolute Gasteiger partial charge is 0.480 e. The van der Waals surface area contributed by atoms with Crippen molar-refractivity contribution in [2.75, 3.05) is 0 Å². The Bertz CT molecular complexity index is 487. The maximum absolute atomic E-state index is 12.0. The lowest BCUT2D eigenvalue weighted by Crippen LogP contribution is -2.52. The summed E-state index contributed by atoms with van der Waals surface area (Å²) in [5, 5.41) is 15.7. The van der Waals surface area contributed by atoms with Gasteiger partial charge in [0.1, 0.15) is 5.54 Å². The quantitative estimate of drug-likeness (QED) is 0.868. The van der Waals surface area contributed by atoms with Crippen molar-refractivity contribution in [3.63, 3.8) is 0 Å². The Hall–Kier alpha value is -1.85. The van der Waals surface area contributed by atoms with E-state index < -0.39 is 17.4 Å². The van der Waals surface area contributed by atoms with E-state index in [1.54, 1.807) is 6.07 Å². The van der Waals surface area contributed by atoms with Crippen LogP contribution >= 0.6 is 0 Å². The van der Waals surface area contributed by atoms with Crippen molar-refractivity contribution in [2.24, 2.45) is 0 Å². The number of carboxylic acids is 1. The first-order chi connectivity index (χ1) is 8.94. The Balaban J connectivity index is 2.13. The molecule has 6 heteroatoms. The smallest absolute Gasteiger partial charge is 0.329 e. The number of aromatic nitrogens is 1. The Morgan fingerprint density at radius 1 is 1.42 bits per heavy atom. The van der Waals surface area contributed by atoms with Gasteiger partial charge in [-0.25, -0.2) is 4.79 Å². The molecular weight excluding hydrogens is 248 g/mol. The van der Waals surface area contributed by atoms with Gasteiger partial charge in [-0.05, 0) is 18.8 Å². The van der Waals surface area contributed by atoms with Crippen LogP contribution in [0.25, 0.3) is 0 Å². The van der Waals surface area contributed by atoms with Crippen LogP contribution in [-0.4, -0.2) is 27.7 Å². The van der Waals surface area contributed by atoms with E-state index in [2.05, 4.69) is 10.5 Å². The second-order valence-electron chi connectivity index (χ2n) is 5.32. The Morgan fingerprint density at radius 2 is 2.05 bits per heavy atom. The fourth-order valence-electron chi connectivity index (χ4n) is 2.32. The van der Waals surface area contributed by atoms with Gasteiger partial charge in [-0.15, -0.1) is 0 Å². The van der Waals surface area contributed by atoms with Crippen LogP contribution in [0.15, 0.2) is 10.6 Å². The zero-order valence-corrected chi connectivity index (χ0v) is 11.1. The van der Waals surface area contributed by atoms with E-state index in [0.717, 1.165) is 12.8 Å². The van der Waals surface area contributed by atoms with Gasteiger partial charge >= 0.3 is 5.97 Å². The third-order valence-corrected chi connectivity index (χ3v) is 3.56. The molecule has 1 aliphatic carbocycles. The van der Waals surface area contributed by atoms with Gasteiger partial charge in [0.2, 0.25) is 5.76 Å². The number of amides is 1. The number of hydrogen-bond acceptors (Lipinski definition) is 4. The third kappa shape index (κ3) is 2.62. The molecule has 2 rings (SSSR count). The third-order valence-electron chi connectivity index (χ3n) is 3.56. The molecule has 1 amide bonds. The minimum Gasteiger partial charge on any atom is -0.480 e. The molecule has 1 heterocycles. The molecule has 0 aromatic carbocycles. The van der Waals surface area contributed by atoms with Crippen molar-refractivity contribution in [2.45, 2.75) is 51.0 Å². The number of carboxylic acid groups (broad SMARTS) is 1. The summed E-state index contributed by atoms with van der Waals surface area (Å²) in [7, 11) is 0. The summed E-state index contributed by atoms with van der Waals surface area (Å²) in [5.41, 5.74) is -0.469. The number of rotatable bonds is 4. The average molecular weight is 266 g/mol. The summed E-state index contributed by atoms with van der Waals surface area (Å²) >= 11 is 0. The summed E-state index contributed by atoms with van der Waals surface area (Å²) in [4.78, 5) is 23.4. The van der Waals surface area contributed by atoms with Gasteiger partial charge < -0.3 is 14.9 Å². The number of nitrogens with one attached hydrogen (secondary N) is 1. The van der Waals surface area contributed by atoms with Gasteiger partial charge in [0.25, 0.3) is 5.91 Å². The monoisotopic (exact) mass is 266 g/mol. The molecule has 1 saturated carbocycles. The average Bonchev–Trinajstić information content (AvgIpc) is 2.97. The molecular formula is C13H18N2O4. The fraction of sp³-hybridized carbons (Fsp3) is 0.615. The molecule has 0 radical (unpaired) electrons. The highest BCUT2D eigenvalue weighted by atomic mass is 16.5. The van der Waals surface area contributed by atoms with Crippen LogP contribution < -0.4 is 5.32 Å². The van der Waals surface area contributed by atoms with Crippen LogP contribution in [0.3, 0.4) is 0 Å². The summed E-state index contributed by atoms with van der Waals surface area (Å²) in [6, 6.07) is 1.56. The Kier molecular flexibility index (Phi) is 3.59. The minimum absolute atomic E-state index is 0.0659. The lowest BCUT2D eigenvalue weighted by Gasteiger charge is -2.24. The van der Waals surface area contributed by atoms with Crippen molar-refractivity contribution >= 4 is 11.9 Å².